The molecule has 2 amide bonds. The Balaban J connectivity index is 1.87. The van der Waals surface area contributed by atoms with Gasteiger partial charge < -0.3 is 16.0 Å². The Morgan fingerprint density at radius 1 is 0.944 bits per heavy atom. The van der Waals surface area contributed by atoms with E-state index in [4.69, 9.17) is 6.42 Å². The molecule has 0 aliphatic heterocycles. The molecule has 0 saturated heterocycles. The van der Waals surface area contributed by atoms with Crippen molar-refractivity contribution >= 4 is 11.8 Å². The summed E-state index contributed by atoms with van der Waals surface area (Å²) >= 11 is 0. The minimum Gasteiger partial charge on any atom is -0.349 e. The lowest BCUT2D eigenvalue weighted by Crippen LogP contribution is -2.49. The molecule has 1 saturated carbocycles. The Morgan fingerprint density at radius 3 is 1.92 bits per heavy atom. The lowest BCUT2D eigenvalue weighted by Gasteiger charge is -2.30. The van der Waals surface area contributed by atoms with Gasteiger partial charge in [0.2, 0.25) is 5.91 Å². The van der Waals surface area contributed by atoms with E-state index < -0.39 is 40.5 Å². The van der Waals surface area contributed by atoms with Crippen molar-refractivity contribution in [3.63, 3.8) is 0 Å². The van der Waals surface area contributed by atoms with Crippen LogP contribution in [0, 0.1) is 18.3 Å². The van der Waals surface area contributed by atoms with E-state index in [1.54, 1.807) is 0 Å². The van der Waals surface area contributed by atoms with E-state index in [2.05, 4.69) is 21.9 Å². The molecule has 0 radical (unpaired) electrons. The van der Waals surface area contributed by atoms with E-state index in [0.29, 0.717) is 57.2 Å². The standard InChI is InChI=1S/C25H31F6N3O2/c1-4-23(5-2,6-3)34-21(35)15-32-14-16-7-9-20(10-8-16)33-22(36)17-11-18(24(26,27)28)13-19(12-17)25(29,30)31/h1,11-13,16,20,32H,5-10,14-15H2,2-3H3,(H,33,36)(H,34,35). The zero-order chi connectivity index (χ0) is 27.1. The molecule has 0 aromatic heterocycles. The van der Waals surface area contributed by atoms with Gasteiger partial charge in [-0.05, 0) is 69.2 Å². The van der Waals surface area contributed by atoms with Gasteiger partial charge >= 0.3 is 12.4 Å². The van der Waals surface area contributed by atoms with Crippen molar-refractivity contribution < 1.29 is 35.9 Å². The number of nitrogens with one attached hydrogen (secondary N) is 3. The van der Waals surface area contributed by atoms with Crippen molar-refractivity contribution in [2.45, 2.75) is 76.3 Å². The molecule has 2 rings (SSSR count). The molecule has 36 heavy (non-hydrogen) atoms. The van der Waals surface area contributed by atoms with E-state index in [1.807, 2.05) is 13.8 Å². The zero-order valence-corrected chi connectivity index (χ0v) is 20.2. The number of halogens is 6. The van der Waals surface area contributed by atoms with Crippen LogP contribution in [0.3, 0.4) is 0 Å². The molecule has 1 fully saturated rings. The Hall–Kier alpha value is -2.74. The van der Waals surface area contributed by atoms with E-state index in [1.165, 1.54) is 0 Å². The molecule has 11 heteroatoms. The van der Waals surface area contributed by atoms with Crippen LogP contribution in [-0.4, -0.2) is 36.5 Å². The third-order valence-corrected chi connectivity index (χ3v) is 6.61. The van der Waals surface area contributed by atoms with Crippen LogP contribution in [0.15, 0.2) is 18.2 Å². The minimum atomic E-state index is -5.02. The molecule has 1 aliphatic carbocycles. The van der Waals surface area contributed by atoms with Gasteiger partial charge in [-0.3, -0.25) is 9.59 Å². The maximum absolute atomic E-state index is 13.0. The van der Waals surface area contributed by atoms with Crippen LogP contribution >= 0.6 is 0 Å². The predicted molar refractivity (Wildman–Crippen MR) is 123 cm³/mol. The molecule has 0 atom stereocenters. The second kappa shape index (κ2) is 12.0. The average molecular weight is 520 g/mol. The summed E-state index contributed by atoms with van der Waals surface area (Å²) in [5, 5.41) is 8.51. The summed E-state index contributed by atoms with van der Waals surface area (Å²) in [4.78, 5) is 24.7. The van der Waals surface area contributed by atoms with E-state index in [0.717, 1.165) is 0 Å². The van der Waals surface area contributed by atoms with E-state index in [9.17, 15) is 35.9 Å². The van der Waals surface area contributed by atoms with Crippen molar-refractivity contribution in [1.82, 2.24) is 16.0 Å². The molecule has 0 unspecified atom stereocenters. The molecule has 1 aromatic carbocycles. The fraction of sp³-hybridized carbons (Fsp3) is 0.600. The normalized spacial score (nSPS) is 18.9. The van der Waals surface area contributed by atoms with Crippen molar-refractivity contribution in [1.29, 1.82) is 0 Å². The number of terminal acetylenes is 1. The van der Waals surface area contributed by atoms with Crippen molar-refractivity contribution in [2.75, 3.05) is 13.1 Å². The van der Waals surface area contributed by atoms with Gasteiger partial charge in [0.1, 0.15) is 5.54 Å². The Labute approximate surface area is 206 Å². The quantitative estimate of drug-likeness (QED) is 0.321. The molecule has 3 N–H and O–H groups in total. The van der Waals surface area contributed by atoms with Crippen LogP contribution in [0.4, 0.5) is 26.3 Å². The fourth-order valence-electron chi connectivity index (χ4n) is 4.23. The third kappa shape index (κ3) is 8.15. The van der Waals surface area contributed by atoms with Gasteiger partial charge in [0.15, 0.2) is 0 Å². The van der Waals surface area contributed by atoms with Crippen molar-refractivity contribution in [2.24, 2.45) is 5.92 Å². The molecule has 0 heterocycles. The molecule has 200 valence electrons. The second-order valence-electron chi connectivity index (χ2n) is 9.10. The highest BCUT2D eigenvalue weighted by Crippen LogP contribution is 2.36. The molecular weight excluding hydrogens is 488 g/mol. The van der Waals surface area contributed by atoms with Crippen LogP contribution < -0.4 is 16.0 Å². The highest BCUT2D eigenvalue weighted by atomic mass is 19.4. The zero-order valence-electron chi connectivity index (χ0n) is 20.2. The molecule has 5 nitrogen and oxygen atoms in total. The van der Waals surface area contributed by atoms with Crippen LogP contribution in [0.2, 0.25) is 0 Å². The largest absolute Gasteiger partial charge is 0.416 e. The van der Waals surface area contributed by atoms with Gasteiger partial charge in [0.05, 0.1) is 17.7 Å². The van der Waals surface area contributed by atoms with Gasteiger partial charge in [-0.2, -0.15) is 26.3 Å². The summed E-state index contributed by atoms with van der Waals surface area (Å²) in [6.45, 7) is 4.45. The summed E-state index contributed by atoms with van der Waals surface area (Å²) in [7, 11) is 0. The number of rotatable bonds is 9. The molecule has 1 aliphatic rings. The highest BCUT2D eigenvalue weighted by molar-refractivity contribution is 5.94. The predicted octanol–water partition coefficient (Wildman–Crippen LogP) is 4.91. The first-order valence-electron chi connectivity index (χ1n) is 11.8. The maximum Gasteiger partial charge on any atom is 0.416 e. The highest BCUT2D eigenvalue weighted by Gasteiger charge is 2.37. The number of carbonyl (C=O) groups excluding carboxylic acids is 2. The van der Waals surface area contributed by atoms with E-state index in [-0.39, 0.29) is 30.5 Å². The van der Waals surface area contributed by atoms with E-state index >= 15 is 0 Å². The van der Waals surface area contributed by atoms with Gasteiger partial charge in [-0.1, -0.05) is 19.8 Å². The SMILES string of the molecule is C#CC(CC)(CC)NC(=O)CNCC1CCC(NC(=O)c2cc(C(F)(F)F)cc(C(F)(F)F)c2)CC1. The first-order valence-corrected chi connectivity index (χ1v) is 11.8. The van der Waals surface area contributed by atoms with Crippen molar-refractivity contribution in [3.8, 4) is 12.3 Å². The fourth-order valence-corrected chi connectivity index (χ4v) is 4.23. The number of amides is 2. The Morgan fingerprint density at radius 2 is 1.47 bits per heavy atom. The van der Waals surface area contributed by atoms with Gasteiger partial charge in [0, 0.05) is 11.6 Å². The molecule has 0 spiro atoms. The first-order chi connectivity index (χ1) is 16.7. The minimum absolute atomic E-state index is 0.00767. The maximum atomic E-state index is 13.0. The van der Waals surface area contributed by atoms with Gasteiger partial charge in [-0.15, -0.1) is 6.42 Å². The lowest BCUT2D eigenvalue weighted by molar-refractivity contribution is -0.143. The summed E-state index contributed by atoms with van der Waals surface area (Å²) in [6, 6.07) is 0.479. The number of hydrogen-bond donors (Lipinski definition) is 3. The van der Waals surface area contributed by atoms with Crippen LogP contribution in [0.5, 0.6) is 0 Å². The summed E-state index contributed by atoms with van der Waals surface area (Å²) in [5.41, 5.74) is -4.42. The smallest absolute Gasteiger partial charge is 0.349 e. The van der Waals surface area contributed by atoms with Gasteiger partial charge in [-0.25, -0.2) is 0 Å². The lowest BCUT2D eigenvalue weighted by atomic mass is 9.86. The second-order valence-corrected chi connectivity index (χ2v) is 9.10. The van der Waals surface area contributed by atoms with Gasteiger partial charge in [0.25, 0.3) is 5.91 Å². The summed E-state index contributed by atoms with van der Waals surface area (Å²) in [5.74, 6) is 1.66. The Bertz CT molecular complexity index is 924. The molecule has 1 aromatic rings. The number of carbonyl (C=O) groups is 2. The first kappa shape index (κ1) is 29.5. The van der Waals surface area contributed by atoms with Crippen LogP contribution in [0.1, 0.15) is 73.9 Å². The van der Waals surface area contributed by atoms with Crippen LogP contribution in [0.25, 0.3) is 0 Å². The number of alkyl halides is 6. The monoisotopic (exact) mass is 519 g/mol. The topological polar surface area (TPSA) is 70.2 Å². The Kier molecular flexibility index (Phi) is 9.83. The summed E-state index contributed by atoms with van der Waals surface area (Å²) < 4.78 is 78.3. The number of benzene rings is 1. The molecular formula is C25H31F6N3O2. The third-order valence-electron chi connectivity index (χ3n) is 6.61. The molecule has 0 bridgehead atoms. The number of hydrogen-bond acceptors (Lipinski definition) is 3. The van der Waals surface area contributed by atoms with Crippen LogP contribution in [-0.2, 0) is 17.1 Å². The average Bonchev–Trinajstić information content (AvgIpc) is 2.82. The summed E-state index contributed by atoms with van der Waals surface area (Å²) in [6.07, 6.45) is -0.894. The van der Waals surface area contributed by atoms with Crippen molar-refractivity contribution in [3.05, 3.63) is 34.9 Å².